The van der Waals surface area contributed by atoms with Gasteiger partial charge in [-0.25, -0.2) is 14.4 Å². The summed E-state index contributed by atoms with van der Waals surface area (Å²) in [5.41, 5.74) is 0. The van der Waals surface area contributed by atoms with Gasteiger partial charge in [0.05, 0.1) is 6.61 Å². The SMILES string of the molecule is CSCCC(NC(=O)OC1=C(O)C(C(O)CO)OC1=O)C(=O)O. The number of carbonyl (C=O) groups excluding carboxylic acids is 2. The number of ether oxygens (including phenoxy) is 2. The van der Waals surface area contributed by atoms with Gasteiger partial charge in [-0.1, -0.05) is 0 Å². The van der Waals surface area contributed by atoms with Crippen LogP contribution in [-0.2, 0) is 19.1 Å². The molecule has 1 aliphatic heterocycles. The minimum Gasteiger partial charge on any atom is -0.505 e. The summed E-state index contributed by atoms with van der Waals surface area (Å²) in [6.07, 6.45) is -2.51. The van der Waals surface area contributed by atoms with Gasteiger partial charge in [0, 0.05) is 0 Å². The molecule has 1 aliphatic rings. The number of nitrogens with one attached hydrogen (secondary N) is 1. The maximum absolute atomic E-state index is 11.6. The van der Waals surface area contributed by atoms with E-state index in [2.05, 4.69) is 9.47 Å². The van der Waals surface area contributed by atoms with Gasteiger partial charge < -0.3 is 35.2 Å². The van der Waals surface area contributed by atoms with Crippen molar-refractivity contribution >= 4 is 29.8 Å². The predicted molar refractivity (Wildman–Crippen MR) is 76.7 cm³/mol. The molecule has 0 saturated carbocycles. The third-order valence-corrected chi connectivity index (χ3v) is 3.50. The van der Waals surface area contributed by atoms with E-state index in [1.807, 2.05) is 5.32 Å². The van der Waals surface area contributed by atoms with Crippen LogP contribution in [0.3, 0.4) is 0 Å². The van der Waals surface area contributed by atoms with Gasteiger partial charge in [0.15, 0.2) is 11.9 Å². The second-order valence-electron chi connectivity index (χ2n) is 4.50. The largest absolute Gasteiger partial charge is 0.505 e. The van der Waals surface area contributed by atoms with E-state index >= 15 is 0 Å². The number of aliphatic carboxylic acids is 1. The van der Waals surface area contributed by atoms with Gasteiger partial charge in [0.1, 0.15) is 12.1 Å². The standard InChI is InChI=1S/C12H17NO9S/c1-23-3-2-5(10(17)18)13-12(20)22-9-7(16)8(6(15)4-14)21-11(9)19/h5-6,8,14-16H,2-4H2,1H3,(H,13,20)(H,17,18). The third-order valence-electron chi connectivity index (χ3n) is 2.85. The van der Waals surface area contributed by atoms with E-state index in [0.717, 1.165) is 0 Å². The van der Waals surface area contributed by atoms with E-state index in [4.69, 9.17) is 10.2 Å². The van der Waals surface area contributed by atoms with Crippen molar-refractivity contribution in [1.29, 1.82) is 0 Å². The van der Waals surface area contributed by atoms with Crippen LogP contribution in [0.4, 0.5) is 4.79 Å². The molecule has 10 nitrogen and oxygen atoms in total. The van der Waals surface area contributed by atoms with Crippen LogP contribution in [-0.4, -0.2) is 75.3 Å². The number of hydrogen-bond acceptors (Lipinski definition) is 9. The van der Waals surface area contributed by atoms with Gasteiger partial charge in [-0.15, -0.1) is 0 Å². The Morgan fingerprint density at radius 1 is 1.48 bits per heavy atom. The van der Waals surface area contributed by atoms with Crippen molar-refractivity contribution in [3.63, 3.8) is 0 Å². The molecule has 0 fully saturated rings. The highest BCUT2D eigenvalue weighted by molar-refractivity contribution is 7.98. The average Bonchev–Trinajstić information content (AvgIpc) is 2.78. The second-order valence-corrected chi connectivity index (χ2v) is 5.48. The number of hydrogen-bond donors (Lipinski definition) is 5. The molecule has 3 unspecified atom stereocenters. The number of aliphatic hydroxyl groups excluding tert-OH is 3. The normalized spacial score (nSPS) is 20.0. The first-order valence-electron chi connectivity index (χ1n) is 6.44. The van der Waals surface area contributed by atoms with Crippen LogP contribution in [0.1, 0.15) is 6.42 Å². The van der Waals surface area contributed by atoms with Gasteiger partial charge >= 0.3 is 18.0 Å². The molecule has 0 saturated heterocycles. The monoisotopic (exact) mass is 351 g/mol. The first kappa shape index (κ1) is 19.1. The Morgan fingerprint density at radius 2 is 2.13 bits per heavy atom. The number of amides is 1. The summed E-state index contributed by atoms with van der Waals surface area (Å²) in [7, 11) is 0. The minimum atomic E-state index is -1.59. The fraction of sp³-hybridized carbons (Fsp3) is 0.583. The van der Waals surface area contributed by atoms with E-state index < -0.39 is 54.4 Å². The van der Waals surface area contributed by atoms with Crippen LogP contribution in [0.25, 0.3) is 0 Å². The topological polar surface area (TPSA) is 163 Å². The number of esters is 1. The highest BCUT2D eigenvalue weighted by Crippen LogP contribution is 2.24. The summed E-state index contributed by atoms with van der Waals surface area (Å²) in [6, 6.07) is -1.23. The molecule has 1 amide bonds. The first-order valence-corrected chi connectivity index (χ1v) is 7.84. The van der Waals surface area contributed by atoms with E-state index in [0.29, 0.717) is 5.75 Å². The Labute approximate surface area is 135 Å². The summed E-state index contributed by atoms with van der Waals surface area (Å²) in [5.74, 6) is -3.75. The van der Waals surface area contributed by atoms with Gasteiger partial charge in [-0.2, -0.15) is 11.8 Å². The highest BCUT2D eigenvalue weighted by atomic mass is 32.2. The van der Waals surface area contributed by atoms with Crippen molar-refractivity contribution < 1.29 is 44.3 Å². The third kappa shape index (κ3) is 5.01. The van der Waals surface area contributed by atoms with E-state index in [1.54, 1.807) is 6.26 Å². The van der Waals surface area contributed by atoms with Crippen LogP contribution in [0.5, 0.6) is 0 Å². The Hall–Kier alpha value is -1.98. The number of carboxylic acid groups (broad SMARTS) is 1. The molecule has 11 heteroatoms. The molecule has 0 radical (unpaired) electrons. The number of thioether (sulfide) groups is 1. The van der Waals surface area contributed by atoms with Crippen LogP contribution >= 0.6 is 11.8 Å². The lowest BCUT2D eigenvalue weighted by atomic mass is 10.2. The van der Waals surface area contributed by atoms with Crippen molar-refractivity contribution in [2.45, 2.75) is 24.7 Å². The first-order chi connectivity index (χ1) is 10.8. The smallest absolute Gasteiger partial charge is 0.413 e. The summed E-state index contributed by atoms with van der Waals surface area (Å²) >= 11 is 1.38. The van der Waals surface area contributed by atoms with Crippen molar-refractivity contribution in [2.75, 3.05) is 18.6 Å². The lowest BCUT2D eigenvalue weighted by Gasteiger charge is -2.14. The average molecular weight is 351 g/mol. The Morgan fingerprint density at radius 3 is 2.65 bits per heavy atom. The molecule has 5 N–H and O–H groups in total. The van der Waals surface area contributed by atoms with Crippen molar-refractivity contribution in [3.05, 3.63) is 11.5 Å². The molecule has 0 aromatic rings. The molecule has 23 heavy (non-hydrogen) atoms. The van der Waals surface area contributed by atoms with Crippen LogP contribution in [0, 0.1) is 0 Å². The van der Waals surface area contributed by atoms with Crippen molar-refractivity contribution in [1.82, 2.24) is 5.32 Å². The number of alkyl carbamates (subject to hydrolysis) is 1. The maximum Gasteiger partial charge on any atom is 0.413 e. The number of carboxylic acids is 1. The Kier molecular flexibility index (Phi) is 7.13. The minimum absolute atomic E-state index is 0.132. The van der Waals surface area contributed by atoms with Crippen molar-refractivity contribution in [3.8, 4) is 0 Å². The number of rotatable bonds is 8. The van der Waals surface area contributed by atoms with Gasteiger partial charge in [-0.05, 0) is 18.4 Å². The molecule has 0 aromatic heterocycles. The van der Waals surface area contributed by atoms with Gasteiger partial charge in [-0.3, -0.25) is 0 Å². The van der Waals surface area contributed by atoms with Gasteiger partial charge in [0.25, 0.3) is 5.76 Å². The summed E-state index contributed by atoms with van der Waals surface area (Å²) in [6.45, 7) is -0.794. The fourth-order valence-electron chi connectivity index (χ4n) is 1.67. The van der Waals surface area contributed by atoms with Crippen LogP contribution in [0.2, 0.25) is 0 Å². The van der Waals surface area contributed by atoms with E-state index in [9.17, 15) is 24.6 Å². The number of aliphatic hydroxyl groups is 3. The number of cyclic esters (lactones) is 1. The summed E-state index contributed by atoms with van der Waals surface area (Å²) in [5, 5.41) is 38.8. The molecule has 0 spiro atoms. The fourth-order valence-corrected chi connectivity index (χ4v) is 2.14. The molecule has 0 bridgehead atoms. The van der Waals surface area contributed by atoms with Gasteiger partial charge in [0.2, 0.25) is 0 Å². The molecule has 0 aliphatic carbocycles. The molecule has 3 atom stereocenters. The second kappa shape index (κ2) is 8.60. The molecule has 1 rings (SSSR count). The molecular weight excluding hydrogens is 334 g/mol. The summed E-state index contributed by atoms with van der Waals surface area (Å²) in [4.78, 5) is 34.1. The molecular formula is C12H17NO9S. The zero-order valence-electron chi connectivity index (χ0n) is 12.1. The van der Waals surface area contributed by atoms with Crippen molar-refractivity contribution in [2.24, 2.45) is 0 Å². The summed E-state index contributed by atoms with van der Waals surface area (Å²) < 4.78 is 9.12. The van der Waals surface area contributed by atoms with Crippen LogP contribution < -0.4 is 5.32 Å². The van der Waals surface area contributed by atoms with E-state index in [-0.39, 0.29) is 6.42 Å². The lowest BCUT2D eigenvalue weighted by Crippen LogP contribution is -2.41. The molecule has 0 aromatic carbocycles. The molecule has 130 valence electrons. The molecule has 1 heterocycles. The predicted octanol–water partition coefficient (Wildman–Crippen LogP) is -1.03. The van der Waals surface area contributed by atoms with E-state index in [1.165, 1.54) is 11.8 Å². The highest BCUT2D eigenvalue weighted by Gasteiger charge is 2.41. The maximum atomic E-state index is 11.6. The lowest BCUT2D eigenvalue weighted by molar-refractivity contribution is -0.147. The zero-order valence-corrected chi connectivity index (χ0v) is 12.9. The van der Waals surface area contributed by atoms with Crippen LogP contribution in [0.15, 0.2) is 11.5 Å². The Balaban J connectivity index is 2.73. The number of carbonyl (C=O) groups is 3. The quantitative estimate of drug-likeness (QED) is 0.342. The zero-order chi connectivity index (χ0) is 17.6. The Bertz CT molecular complexity index is 507.